The van der Waals surface area contributed by atoms with Crippen LogP contribution >= 0.6 is 11.3 Å². The normalized spacial score (nSPS) is 27.2. The van der Waals surface area contributed by atoms with Crippen LogP contribution in [0.2, 0.25) is 0 Å². The number of imide groups is 1. The van der Waals surface area contributed by atoms with Crippen molar-refractivity contribution in [2.75, 3.05) is 18.0 Å². The number of urea groups is 1. The van der Waals surface area contributed by atoms with E-state index in [1.165, 1.54) is 16.2 Å². The van der Waals surface area contributed by atoms with Crippen molar-refractivity contribution in [1.82, 2.24) is 15.2 Å². The molecule has 2 aliphatic carbocycles. The first kappa shape index (κ1) is 22.0. The van der Waals surface area contributed by atoms with Gasteiger partial charge in [0.15, 0.2) is 5.13 Å². The summed E-state index contributed by atoms with van der Waals surface area (Å²) >= 11 is 1.54. The van der Waals surface area contributed by atoms with Gasteiger partial charge in [-0.1, -0.05) is 26.8 Å². The fourth-order valence-corrected chi connectivity index (χ4v) is 6.91. The molecule has 1 saturated heterocycles. The molecule has 4 rings (SSSR count). The van der Waals surface area contributed by atoms with Crippen molar-refractivity contribution in [3.05, 3.63) is 23.2 Å². The van der Waals surface area contributed by atoms with Gasteiger partial charge in [-0.3, -0.25) is 19.4 Å². The van der Waals surface area contributed by atoms with Crippen molar-refractivity contribution in [2.24, 2.45) is 11.3 Å². The summed E-state index contributed by atoms with van der Waals surface area (Å²) in [4.78, 5) is 47.9. The number of aromatic nitrogens is 1. The van der Waals surface area contributed by atoms with Crippen molar-refractivity contribution in [3.63, 3.8) is 0 Å². The highest BCUT2D eigenvalue weighted by Gasteiger charge is 2.56. The molecule has 4 amide bonds. The Morgan fingerprint density at radius 2 is 2.06 bits per heavy atom. The molecule has 7 nitrogen and oxygen atoms in total. The first-order valence-corrected chi connectivity index (χ1v) is 12.0. The van der Waals surface area contributed by atoms with Gasteiger partial charge in [0.25, 0.3) is 5.91 Å². The molecule has 2 fully saturated rings. The van der Waals surface area contributed by atoms with E-state index in [1.807, 2.05) is 0 Å². The minimum atomic E-state index is -0.901. The smallest absolute Gasteiger partial charge is 0.323 e. The van der Waals surface area contributed by atoms with Gasteiger partial charge in [-0.2, -0.15) is 0 Å². The standard InChI is InChI=1S/C23H32N4O3S/c1-5-10-26(21-24-16-8-6-7-9-17(16)31-21)18(28)13-27-19(29)23(25-20(27)30)12-15(2)11-22(3,4)14-23/h5,15H,1,6-14H2,2-4H3,(H,25,30)/t15-,23-/m0/s1. The number of amides is 4. The van der Waals surface area contributed by atoms with E-state index in [0.717, 1.165) is 42.7 Å². The lowest BCUT2D eigenvalue weighted by molar-refractivity contribution is -0.137. The van der Waals surface area contributed by atoms with Crippen LogP contribution in [0.15, 0.2) is 12.7 Å². The van der Waals surface area contributed by atoms with Gasteiger partial charge < -0.3 is 5.32 Å². The maximum atomic E-state index is 13.4. The quantitative estimate of drug-likeness (QED) is 0.555. The molecule has 1 N–H and O–H groups in total. The zero-order valence-electron chi connectivity index (χ0n) is 18.7. The van der Waals surface area contributed by atoms with Crippen LogP contribution in [0.5, 0.6) is 0 Å². The van der Waals surface area contributed by atoms with Crippen molar-refractivity contribution in [3.8, 4) is 0 Å². The van der Waals surface area contributed by atoms with Crippen molar-refractivity contribution in [1.29, 1.82) is 0 Å². The molecule has 1 aromatic heterocycles. The van der Waals surface area contributed by atoms with Gasteiger partial charge in [-0.25, -0.2) is 9.78 Å². The van der Waals surface area contributed by atoms with Crippen LogP contribution in [0, 0.1) is 11.3 Å². The lowest BCUT2D eigenvalue weighted by atomic mass is 9.64. The molecule has 0 aromatic carbocycles. The molecule has 1 aromatic rings. The molecule has 2 atom stereocenters. The van der Waals surface area contributed by atoms with Crippen LogP contribution in [0.4, 0.5) is 9.93 Å². The van der Waals surface area contributed by atoms with Gasteiger partial charge in [-0.15, -0.1) is 17.9 Å². The Hall–Kier alpha value is -2.22. The molecule has 1 saturated carbocycles. The molecule has 0 bridgehead atoms. The lowest BCUT2D eigenvalue weighted by Gasteiger charge is -2.43. The first-order chi connectivity index (χ1) is 14.6. The molecular weight excluding hydrogens is 412 g/mol. The summed E-state index contributed by atoms with van der Waals surface area (Å²) in [5, 5.41) is 3.58. The number of aryl methyl sites for hydroxylation is 2. The van der Waals surface area contributed by atoms with Gasteiger partial charge >= 0.3 is 6.03 Å². The zero-order valence-corrected chi connectivity index (χ0v) is 19.5. The SMILES string of the molecule is C=CCN(C(=O)CN1C(=O)N[C@]2(C[C@@H](C)CC(C)(C)C2)C1=O)c1nc2c(s1)CCCC2. The van der Waals surface area contributed by atoms with E-state index in [-0.39, 0.29) is 23.8 Å². The monoisotopic (exact) mass is 444 g/mol. The average Bonchev–Trinajstić information content (AvgIpc) is 3.19. The molecule has 3 aliphatic rings. The van der Waals surface area contributed by atoms with Crippen LogP contribution in [-0.4, -0.2) is 46.4 Å². The fraction of sp³-hybridized carbons (Fsp3) is 0.652. The maximum absolute atomic E-state index is 13.4. The molecular formula is C23H32N4O3S. The number of nitrogens with zero attached hydrogens (tertiary/aromatic N) is 3. The third-order valence-corrected chi connectivity index (χ3v) is 7.78. The predicted molar refractivity (Wildman–Crippen MR) is 121 cm³/mol. The van der Waals surface area contributed by atoms with Gasteiger partial charge in [0.05, 0.1) is 5.69 Å². The van der Waals surface area contributed by atoms with Gasteiger partial charge in [0.1, 0.15) is 12.1 Å². The summed E-state index contributed by atoms with van der Waals surface area (Å²) in [5.74, 6) is -0.264. The Morgan fingerprint density at radius 1 is 1.32 bits per heavy atom. The number of rotatable bonds is 5. The molecule has 8 heteroatoms. The number of nitrogens with one attached hydrogen (secondary N) is 1. The van der Waals surface area contributed by atoms with E-state index >= 15 is 0 Å². The molecule has 168 valence electrons. The Bertz CT molecular complexity index is 900. The Balaban J connectivity index is 1.54. The summed E-state index contributed by atoms with van der Waals surface area (Å²) in [5.41, 5.74) is 0.123. The van der Waals surface area contributed by atoms with Crippen LogP contribution in [0.25, 0.3) is 0 Å². The molecule has 2 heterocycles. The van der Waals surface area contributed by atoms with E-state index in [0.29, 0.717) is 30.4 Å². The van der Waals surface area contributed by atoms with Crippen LogP contribution in [0.1, 0.15) is 63.4 Å². The maximum Gasteiger partial charge on any atom is 0.325 e. The molecule has 1 aliphatic heterocycles. The summed E-state index contributed by atoms with van der Waals surface area (Å²) in [6, 6.07) is -0.472. The van der Waals surface area contributed by atoms with Crippen molar-refractivity contribution < 1.29 is 14.4 Å². The predicted octanol–water partition coefficient (Wildman–Crippen LogP) is 3.68. The topological polar surface area (TPSA) is 82.6 Å². The Kier molecular flexibility index (Phi) is 5.70. The average molecular weight is 445 g/mol. The second-order valence-corrected chi connectivity index (χ2v) is 11.2. The minimum absolute atomic E-state index is 0.0462. The fourth-order valence-electron chi connectivity index (χ4n) is 5.74. The van der Waals surface area contributed by atoms with Crippen molar-refractivity contribution >= 4 is 34.3 Å². The molecule has 1 spiro atoms. The Morgan fingerprint density at radius 3 is 2.74 bits per heavy atom. The van der Waals surface area contributed by atoms with Crippen LogP contribution in [-0.2, 0) is 22.4 Å². The highest BCUT2D eigenvalue weighted by Crippen LogP contribution is 2.46. The highest BCUT2D eigenvalue weighted by molar-refractivity contribution is 7.16. The van der Waals surface area contributed by atoms with Gasteiger partial charge in [0, 0.05) is 11.4 Å². The summed E-state index contributed by atoms with van der Waals surface area (Å²) < 4.78 is 0. The number of thiazole rings is 1. The van der Waals surface area contributed by atoms with Crippen LogP contribution in [0.3, 0.4) is 0 Å². The number of anilines is 1. The Labute approximate surface area is 187 Å². The molecule has 0 unspecified atom stereocenters. The molecule has 31 heavy (non-hydrogen) atoms. The second-order valence-electron chi connectivity index (χ2n) is 10.1. The number of fused-ring (bicyclic) bond motifs is 1. The van der Waals surface area contributed by atoms with Crippen LogP contribution < -0.4 is 10.2 Å². The largest absolute Gasteiger partial charge is 0.325 e. The van der Waals surface area contributed by atoms with E-state index in [2.05, 4.69) is 37.7 Å². The second kappa shape index (κ2) is 8.04. The van der Waals surface area contributed by atoms with Crippen molar-refractivity contribution in [2.45, 2.75) is 71.3 Å². The number of hydrogen-bond acceptors (Lipinski definition) is 5. The summed E-state index contributed by atoms with van der Waals surface area (Å²) in [6.07, 6.45) is 8.05. The number of hydrogen-bond donors (Lipinski definition) is 1. The van der Waals surface area contributed by atoms with E-state index in [1.54, 1.807) is 11.0 Å². The van der Waals surface area contributed by atoms with E-state index < -0.39 is 11.6 Å². The number of carbonyl (C=O) groups excluding carboxylic acids is 3. The molecule has 0 radical (unpaired) electrons. The zero-order chi connectivity index (χ0) is 22.4. The first-order valence-electron chi connectivity index (χ1n) is 11.2. The van der Waals surface area contributed by atoms with E-state index in [4.69, 9.17) is 0 Å². The third-order valence-electron chi connectivity index (χ3n) is 6.60. The van der Waals surface area contributed by atoms with Gasteiger partial charge in [-0.05, 0) is 56.3 Å². The third kappa shape index (κ3) is 4.14. The van der Waals surface area contributed by atoms with Gasteiger partial charge in [0.2, 0.25) is 5.91 Å². The van der Waals surface area contributed by atoms with E-state index in [9.17, 15) is 14.4 Å². The summed E-state index contributed by atoms with van der Waals surface area (Å²) in [7, 11) is 0. The number of carbonyl (C=O) groups is 3. The highest BCUT2D eigenvalue weighted by atomic mass is 32.1. The summed E-state index contributed by atoms with van der Waals surface area (Å²) in [6.45, 7) is 10.2. The lowest BCUT2D eigenvalue weighted by Crippen LogP contribution is -2.54. The minimum Gasteiger partial charge on any atom is -0.323 e.